The molecule has 0 aromatic carbocycles. The van der Waals surface area contributed by atoms with Crippen LogP contribution in [0.4, 0.5) is 0 Å². The van der Waals surface area contributed by atoms with E-state index >= 15 is 0 Å². The first-order chi connectivity index (χ1) is 7.68. The van der Waals surface area contributed by atoms with Gasteiger partial charge in [0.15, 0.2) is 0 Å². The fourth-order valence-corrected chi connectivity index (χ4v) is 1.34. The summed E-state index contributed by atoms with van der Waals surface area (Å²) in [4.78, 5) is 26.2. The van der Waals surface area contributed by atoms with Gasteiger partial charge in [-0.15, -0.1) is 0 Å². The van der Waals surface area contributed by atoms with Gasteiger partial charge in [-0.05, 0) is 29.8 Å². The van der Waals surface area contributed by atoms with Crippen molar-refractivity contribution in [3.05, 3.63) is 46.4 Å². The molecule has 0 aliphatic rings. The van der Waals surface area contributed by atoms with E-state index in [4.69, 9.17) is 11.6 Å². The van der Waals surface area contributed by atoms with Crippen LogP contribution >= 0.6 is 11.6 Å². The monoisotopic (exact) mass is 235 g/mol. The number of hydrogen-bond donors (Lipinski definition) is 1. The van der Waals surface area contributed by atoms with Crippen LogP contribution in [0.25, 0.3) is 11.4 Å². The Morgan fingerprint density at radius 3 is 2.75 bits per heavy atom. The first-order valence-corrected chi connectivity index (χ1v) is 4.77. The van der Waals surface area contributed by atoms with Crippen molar-refractivity contribution in [1.82, 2.24) is 15.2 Å². The highest BCUT2D eigenvalue weighted by Gasteiger charge is 2.10. The predicted molar refractivity (Wildman–Crippen MR) is 58.3 cm³/mol. The number of hydrogen-bond acceptors (Lipinski definition) is 4. The number of aromatic amines is 1. The molecular formula is C10H6ClN3O2. The lowest BCUT2D eigenvalue weighted by atomic mass is 10.2. The fraction of sp³-hybridized carbons (Fsp3) is 0. The quantitative estimate of drug-likeness (QED) is 0.794. The molecule has 2 aromatic heterocycles. The van der Waals surface area contributed by atoms with Crippen molar-refractivity contribution in [3.63, 3.8) is 0 Å². The van der Waals surface area contributed by atoms with Gasteiger partial charge in [-0.2, -0.15) is 5.10 Å². The molecule has 0 saturated heterocycles. The number of nitrogens with one attached hydrogen (secondary N) is 1. The van der Waals surface area contributed by atoms with E-state index in [0.29, 0.717) is 11.4 Å². The van der Waals surface area contributed by atoms with Crippen molar-refractivity contribution in [2.24, 2.45) is 0 Å². The zero-order chi connectivity index (χ0) is 11.5. The minimum absolute atomic E-state index is 0.141. The van der Waals surface area contributed by atoms with Crippen molar-refractivity contribution in [3.8, 4) is 11.4 Å². The summed E-state index contributed by atoms with van der Waals surface area (Å²) < 4.78 is 0. The van der Waals surface area contributed by atoms with Crippen LogP contribution in [-0.2, 0) is 0 Å². The Balaban J connectivity index is 2.57. The lowest BCUT2D eigenvalue weighted by Crippen LogP contribution is -2.16. The minimum Gasteiger partial charge on any atom is -0.275 e. The van der Waals surface area contributed by atoms with Crippen LogP contribution in [0.2, 0.25) is 0 Å². The van der Waals surface area contributed by atoms with Crippen LogP contribution in [0.15, 0.2) is 35.3 Å². The highest BCUT2D eigenvalue weighted by Crippen LogP contribution is 2.12. The van der Waals surface area contributed by atoms with E-state index in [1.165, 1.54) is 6.07 Å². The summed E-state index contributed by atoms with van der Waals surface area (Å²) in [7, 11) is 0. The summed E-state index contributed by atoms with van der Waals surface area (Å²) in [6.07, 6.45) is 1.59. The van der Waals surface area contributed by atoms with Gasteiger partial charge in [0.2, 0.25) is 0 Å². The molecule has 2 rings (SSSR count). The van der Waals surface area contributed by atoms with Crippen LogP contribution in [0, 0.1) is 0 Å². The fourth-order valence-electron chi connectivity index (χ4n) is 1.20. The summed E-state index contributed by atoms with van der Waals surface area (Å²) in [6.45, 7) is 0. The topological polar surface area (TPSA) is 75.7 Å². The molecule has 0 bridgehead atoms. The van der Waals surface area contributed by atoms with Gasteiger partial charge in [0.05, 0.1) is 5.69 Å². The highest BCUT2D eigenvalue weighted by atomic mass is 35.5. The summed E-state index contributed by atoms with van der Waals surface area (Å²) in [6, 6.07) is 6.56. The van der Waals surface area contributed by atoms with Crippen LogP contribution in [-0.4, -0.2) is 20.4 Å². The molecule has 0 unspecified atom stereocenters. The zero-order valence-electron chi connectivity index (χ0n) is 7.98. The average Bonchev–Trinajstić information content (AvgIpc) is 2.30. The molecule has 6 heteroatoms. The number of carbonyl (C=O) groups excluding carboxylic acids is 1. The summed E-state index contributed by atoms with van der Waals surface area (Å²) in [5, 5.41) is 5.16. The first-order valence-electron chi connectivity index (χ1n) is 4.39. The number of nitrogens with zero attached hydrogens (tertiary/aromatic N) is 2. The highest BCUT2D eigenvalue weighted by molar-refractivity contribution is 6.67. The summed E-state index contributed by atoms with van der Waals surface area (Å²) >= 11 is 5.26. The molecule has 2 aromatic rings. The number of aromatic nitrogens is 3. The maximum atomic E-state index is 11.2. The van der Waals surface area contributed by atoms with Crippen LogP contribution in [0.3, 0.4) is 0 Å². The summed E-state index contributed by atoms with van der Waals surface area (Å²) in [5.74, 6) is 0. The lowest BCUT2D eigenvalue weighted by molar-refractivity contribution is 0.108. The molecule has 0 saturated carbocycles. The first kappa shape index (κ1) is 10.5. The molecule has 16 heavy (non-hydrogen) atoms. The third-order valence-electron chi connectivity index (χ3n) is 1.94. The lowest BCUT2D eigenvalue weighted by Gasteiger charge is -1.99. The molecule has 0 aliphatic carbocycles. The SMILES string of the molecule is O=C(Cl)c1cc(-c2ccccn2)n[nH]c1=O. The Morgan fingerprint density at radius 1 is 1.31 bits per heavy atom. The second-order valence-electron chi connectivity index (χ2n) is 2.98. The van der Waals surface area contributed by atoms with Gasteiger partial charge in [0, 0.05) is 6.20 Å². The molecule has 0 spiro atoms. The number of carbonyl (C=O) groups is 1. The molecule has 0 radical (unpaired) electrons. The molecule has 80 valence electrons. The minimum atomic E-state index is -0.819. The Labute approximate surface area is 95.1 Å². The molecule has 0 atom stereocenters. The maximum absolute atomic E-state index is 11.2. The second-order valence-corrected chi connectivity index (χ2v) is 3.33. The van der Waals surface area contributed by atoms with Crippen LogP contribution in [0.5, 0.6) is 0 Å². The van der Waals surface area contributed by atoms with Gasteiger partial charge in [0.25, 0.3) is 10.8 Å². The molecule has 5 nitrogen and oxygen atoms in total. The zero-order valence-corrected chi connectivity index (χ0v) is 8.73. The van der Waals surface area contributed by atoms with Crippen LogP contribution in [0.1, 0.15) is 10.4 Å². The Morgan fingerprint density at radius 2 is 2.12 bits per heavy atom. The molecule has 0 fully saturated rings. The third kappa shape index (κ3) is 1.99. The largest absolute Gasteiger partial charge is 0.276 e. The van der Waals surface area contributed by atoms with E-state index in [1.54, 1.807) is 24.4 Å². The normalized spacial score (nSPS) is 10.1. The maximum Gasteiger partial charge on any atom is 0.276 e. The molecule has 2 heterocycles. The Hall–Kier alpha value is -2.01. The van der Waals surface area contributed by atoms with Crippen molar-refractivity contribution in [2.75, 3.05) is 0 Å². The number of H-pyrrole nitrogens is 1. The average molecular weight is 236 g/mol. The number of halogens is 1. The van der Waals surface area contributed by atoms with Crippen molar-refractivity contribution in [2.45, 2.75) is 0 Å². The van der Waals surface area contributed by atoms with Crippen LogP contribution < -0.4 is 5.56 Å². The molecule has 0 aliphatic heterocycles. The standard InChI is InChI=1S/C10H6ClN3O2/c11-9(15)6-5-8(13-14-10(6)16)7-3-1-2-4-12-7/h1-5H,(H,14,16). The van der Waals surface area contributed by atoms with Gasteiger partial charge < -0.3 is 0 Å². The number of pyridine rings is 1. The number of rotatable bonds is 2. The van der Waals surface area contributed by atoms with E-state index in [9.17, 15) is 9.59 Å². The van der Waals surface area contributed by atoms with E-state index in [1.807, 2.05) is 0 Å². The van der Waals surface area contributed by atoms with Crippen molar-refractivity contribution >= 4 is 16.8 Å². The molecular weight excluding hydrogens is 230 g/mol. The summed E-state index contributed by atoms with van der Waals surface area (Å²) in [5.41, 5.74) is 0.194. The molecule has 0 amide bonds. The van der Waals surface area contributed by atoms with E-state index in [2.05, 4.69) is 15.2 Å². The smallest absolute Gasteiger partial charge is 0.275 e. The van der Waals surface area contributed by atoms with Gasteiger partial charge >= 0.3 is 0 Å². The van der Waals surface area contributed by atoms with Gasteiger partial charge in [0.1, 0.15) is 11.3 Å². The Bertz CT molecular complexity index is 580. The van der Waals surface area contributed by atoms with E-state index < -0.39 is 10.8 Å². The van der Waals surface area contributed by atoms with Crippen molar-refractivity contribution < 1.29 is 4.79 Å². The van der Waals surface area contributed by atoms with Crippen molar-refractivity contribution in [1.29, 1.82) is 0 Å². The van der Waals surface area contributed by atoms with E-state index in [0.717, 1.165) is 0 Å². The predicted octanol–water partition coefficient (Wildman–Crippen LogP) is 1.21. The Kier molecular flexibility index (Phi) is 2.78. The van der Waals surface area contributed by atoms with E-state index in [-0.39, 0.29) is 5.56 Å². The van der Waals surface area contributed by atoms with Gasteiger partial charge in [-0.1, -0.05) is 6.07 Å². The molecule has 1 N–H and O–H groups in total. The third-order valence-corrected chi connectivity index (χ3v) is 2.15. The van der Waals surface area contributed by atoms with Gasteiger partial charge in [-0.3, -0.25) is 14.6 Å². The van der Waals surface area contributed by atoms with Gasteiger partial charge in [-0.25, -0.2) is 5.10 Å². The second kappa shape index (κ2) is 4.24.